The maximum absolute atomic E-state index is 12.4. The third kappa shape index (κ3) is 3.36. The Bertz CT molecular complexity index is 1120. The number of carbonyl (C=O) groups excluding carboxylic acids is 1. The van der Waals surface area contributed by atoms with Gasteiger partial charge >= 0.3 is 5.97 Å². The molecule has 0 fully saturated rings. The Morgan fingerprint density at radius 3 is 2.68 bits per heavy atom. The molecular formula is C21H15BrN2O4. The fraction of sp³-hybridized carbons (Fsp3) is 0.0952. The molecule has 0 unspecified atom stereocenters. The van der Waals surface area contributed by atoms with Crippen molar-refractivity contribution in [2.45, 2.75) is 6.92 Å². The molecule has 4 rings (SSSR count). The number of ether oxygens (including phenoxy) is 2. The minimum absolute atomic E-state index is 0.169. The largest absolute Gasteiger partial charge is 0.496 e. The zero-order chi connectivity index (χ0) is 19.7. The standard InChI is InChI=1S/C21H15BrN2O4/c1-12-18(19(24-28-12)13-6-4-3-5-7-13)20-23-16(21(25)27-20)11-14-10-15(22)8-9-17(14)26-2/h3-11H,1-2H3. The Balaban J connectivity index is 1.78. The maximum Gasteiger partial charge on any atom is 0.363 e. The molecule has 1 aliphatic rings. The van der Waals surface area contributed by atoms with Crippen molar-refractivity contribution < 1.29 is 18.8 Å². The number of hydrogen-bond acceptors (Lipinski definition) is 6. The number of nitrogens with zero attached hydrogens (tertiary/aromatic N) is 2. The molecule has 6 nitrogen and oxygen atoms in total. The molecule has 3 aromatic rings. The van der Waals surface area contributed by atoms with Gasteiger partial charge in [-0.05, 0) is 31.2 Å². The van der Waals surface area contributed by atoms with Gasteiger partial charge in [0, 0.05) is 15.6 Å². The number of aromatic nitrogens is 1. The van der Waals surface area contributed by atoms with Crippen molar-refractivity contribution in [3.05, 3.63) is 75.6 Å². The monoisotopic (exact) mass is 438 g/mol. The first kappa shape index (κ1) is 18.2. The molecule has 0 amide bonds. The van der Waals surface area contributed by atoms with Gasteiger partial charge < -0.3 is 14.0 Å². The summed E-state index contributed by atoms with van der Waals surface area (Å²) < 4.78 is 17.0. The van der Waals surface area contributed by atoms with E-state index in [-0.39, 0.29) is 11.6 Å². The lowest BCUT2D eigenvalue weighted by atomic mass is 10.1. The number of carbonyl (C=O) groups is 1. The third-order valence-electron chi connectivity index (χ3n) is 4.23. The second kappa shape index (κ2) is 7.44. The Labute approximate surface area is 169 Å². The lowest BCUT2D eigenvalue weighted by molar-refractivity contribution is -0.129. The number of methoxy groups -OCH3 is 1. The second-order valence-electron chi connectivity index (χ2n) is 6.05. The summed E-state index contributed by atoms with van der Waals surface area (Å²) in [5.74, 6) is 0.768. The van der Waals surface area contributed by atoms with Crippen molar-refractivity contribution in [2.24, 2.45) is 4.99 Å². The zero-order valence-corrected chi connectivity index (χ0v) is 16.7. The van der Waals surface area contributed by atoms with Crippen LogP contribution in [0.3, 0.4) is 0 Å². The van der Waals surface area contributed by atoms with Gasteiger partial charge in [0.2, 0.25) is 5.90 Å². The van der Waals surface area contributed by atoms with Crippen LogP contribution >= 0.6 is 15.9 Å². The van der Waals surface area contributed by atoms with Gasteiger partial charge in [-0.15, -0.1) is 0 Å². The summed E-state index contributed by atoms with van der Waals surface area (Å²) in [7, 11) is 1.57. The van der Waals surface area contributed by atoms with E-state index < -0.39 is 5.97 Å². The van der Waals surface area contributed by atoms with Crippen LogP contribution in [0.1, 0.15) is 16.9 Å². The Hall–Kier alpha value is -3.19. The maximum atomic E-state index is 12.4. The number of cyclic esters (lactones) is 1. The number of halogens is 1. The van der Waals surface area contributed by atoms with E-state index in [0.29, 0.717) is 28.3 Å². The summed E-state index contributed by atoms with van der Waals surface area (Å²) in [6.07, 6.45) is 1.63. The van der Waals surface area contributed by atoms with Crippen molar-refractivity contribution in [1.82, 2.24) is 5.16 Å². The highest BCUT2D eigenvalue weighted by molar-refractivity contribution is 9.10. The predicted molar refractivity (Wildman–Crippen MR) is 108 cm³/mol. The van der Waals surface area contributed by atoms with Gasteiger partial charge in [0.1, 0.15) is 22.8 Å². The summed E-state index contributed by atoms with van der Waals surface area (Å²) in [5.41, 5.74) is 2.86. The number of aliphatic imine (C=N–C) groups is 1. The molecule has 0 aliphatic carbocycles. The number of benzene rings is 2. The lowest BCUT2D eigenvalue weighted by Crippen LogP contribution is -2.07. The van der Waals surface area contributed by atoms with Gasteiger partial charge in [-0.2, -0.15) is 0 Å². The minimum atomic E-state index is -0.545. The first-order valence-electron chi connectivity index (χ1n) is 8.45. The first-order valence-corrected chi connectivity index (χ1v) is 9.24. The summed E-state index contributed by atoms with van der Waals surface area (Å²) in [6.45, 7) is 1.75. The smallest absolute Gasteiger partial charge is 0.363 e. The van der Waals surface area contributed by atoms with Crippen LogP contribution in [0.2, 0.25) is 0 Å². The average Bonchev–Trinajstić information content (AvgIpc) is 3.25. The molecule has 7 heteroatoms. The summed E-state index contributed by atoms with van der Waals surface area (Å²) in [4.78, 5) is 16.8. The zero-order valence-electron chi connectivity index (χ0n) is 15.1. The van der Waals surface area contributed by atoms with E-state index in [1.807, 2.05) is 42.5 Å². The predicted octanol–water partition coefficient (Wildman–Crippen LogP) is 4.77. The highest BCUT2D eigenvalue weighted by Gasteiger charge is 2.30. The second-order valence-corrected chi connectivity index (χ2v) is 6.97. The SMILES string of the molecule is COc1ccc(Br)cc1C=C1N=C(c2c(-c3ccccc3)noc2C)OC1=O. The van der Waals surface area contributed by atoms with Crippen molar-refractivity contribution in [2.75, 3.05) is 7.11 Å². The molecule has 2 heterocycles. The van der Waals surface area contributed by atoms with Crippen molar-refractivity contribution in [1.29, 1.82) is 0 Å². The van der Waals surface area contributed by atoms with Crippen LogP contribution in [-0.2, 0) is 9.53 Å². The van der Waals surface area contributed by atoms with E-state index in [2.05, 4.69) is 26.1 Å². The molecule has 1 aromatic heterocycles. The summed E-state index contributed by atoms with van der Waals surface area (Å²) >= 11 is 3.42. The van der Waals surface area contributed by atoms with E-state index in [1.54, 1.807) is 26.2 Å². The number of esters is 1. The normalized spacial score (nSPS) is 14.9. The number of aryl methyl sites for hydroxylation is 1. The molecule has 28 heavy (non-hydrogen) atoms. The fourth-order valence-corrected chi connectivity index (χ4v) is 3.28. The van der Waals surface area contributed by atoms with E-state index in [9.17, 15) is 4.79 Å². The fourth-order valence-electron chi connectivity index (χ4n) is 2.90. The number of hydrogen-bond donors (Lipinski definition) is 0. The Morgan fingerprint density at radius 2 is 1.93 bits per heavy atom. The Morgan fingerprint density at radius 1 is 1.14 bits per heavy atom. The van der Waals surface area contributed by atoms with Gasteiger partial charge in [-0.25, -0.2) is 9.79 Å². The quantitative estimate of drug-likeness (QED) is 0.433. The van der Waals surface area contributed by atoms with Gasteiger partial charge in [0.15, 0.2) is 5.70 Å². The van der Waals surface area contributed by atoms with Gasteiger partial charge in [-0.1, -0.05) is 51.4 Å². The topological polar surface area (TPSA) is 73.9 Å². The van der Waals surface area contributed by atoms with Gasteiger partial charge in [0.05, 0.1) is 7.11 Å². The lowest BCUT2D eigenvalue weighted by Gasteiger charge is -2.04. The van der Waals surface area contributed by atoms with Crippen LogP contribution in [0.5, 0.6) is 5.75 Å². The van der Waals surface area contributed by atoms with Crippen LogP contribution in [0.25, 0.3) is 17.3 Å². The molecule has 1 aliphatic heterocycles. The molecule has 0 bridgehead atoms. The summed E-state index contributed by atoms with van der Waals surface area (Å²) in [6, 6.07) is 15.0. The Kier molecular flexibility index (Phi) is 4.83. The molecule has 0 saturated heterocycles. The van der Waals surface area contributed by atoms with Crippen molar-refractivity contribution in [3.63, 3.8) is 0 Å². The van der Waals surface area contributed by atoms with E-state index >= 15 is 0 Å². The van der Waals surface area contributed by atoms with Crippen molar-refractivity contribution in [3.8, 4) is 17.0 Å². The molecular weight excluding hydrogens is 424 g/mol. The van der Waals surface area contributed by atoms with Crippen LogP contribution in [-0.4, -0.2) is 24.1 Å². The average molecular weight is 439 g/mol. The molecule has 0 atom stereocenters. The molecule has 0 N–H and O–H groups in total. The van der Waals surface area contributed by atoms with Crippen LogP contribution in [0.15, 0.2) is 68.2 Å². The molecule has 140 valence electrons. The molecule has 0 radical (unpaired) electrons. The minimum Gasteiger partial charge on any atom is -0.496 e. The summed E-state index contributed by atoms with van der Waals surface area (Å²) in [5, 5.41) is 4.11. The molecule has 0 spiro atoms. The van der Waals surface area contributed by atoms with E-state index in [4.69, 9.17) is 14.0 Å². The van der Waals surface area contributed by atoms with E-state index in [0.717, 1.165) is 10.0 Å². The first-order chi connectivity index (χ1) is 13.6. The third-order valence-corrected chi connectivity index (χ3v) is 4.72. The highest BCUT2D eigenvalue weighted by Crippen LogP contribution is 2.31. The van der Waals surface area contributed by atoms with Gasteiger partial charge in [-0.3, -0.25) is 0 Å². The van der Waals surface area contributed by atoms with Gasteiger partial charge in [0.25, 0.3) is 0 Å². The van der Waals surface area contributed by atoms with Crippen molar-refractivity contribution >= 4 is 33.9 Å². The van der Waals surface area contributed by atoms with Crippen LogP contribution in [0, 0.1) is 6.92 Å². The molecule has 2 aromatic carbocycles. The van der Waals surface area contributed by atoms with E-state index in [1.165, 1.54) is 0 Å². The highest BCUT2D eigenvalue weighted by atomic mass is 79.9. The number of rotatable bonds is 4. The molecule has 0 saturated carbocycles. The van der Waals surface area contributed by atoms with Crippen LogP contribution in [0.4, 0.5) is 0 Å². The van der Waals surface area contributed by atoms with Crippen LogP contribution < -0.4 is 4.74 Å².